The van der Waals surface area contributed by atoms with Gasteiger partial charge >= 0.3 is 5.97 Å². The second-order valence-electron chi connectivity index (χ2n) is 5.24. The lowest BCUT2D eigenvalue weighted by atomic mass is 10.1. The second kappa shape index (κ2) is 6.76. The monoisotopic (exact) mass is 292 g/mol. The third kappa shape index (κ3) is 3.26. The number of aromatic nitrogens is 1. The van der Waals surface area contributed by atoms with Crippen molar-refractivity contribution in [3.63, 3.8) is 0 Å². The van der Waals surface area contributed by atoms with Gasteiger partial charge < -0.3 is 15.4 Å². The Hall–Kier alpha value is -1.82. The Morgan fingerprint density at radius 1 is 1.48 bits per heavy atom. The predicted molar refractivity (Wildman–Crippen MR) is 83.5 cm³/mol. The summed E-state index contributed by atoms with van der Waals surface area (Å²) in [6.07, 6.45) is 1.62. The van der Waals surface area contributed by atoms with Crippen LogP contribution in [0.1, 0.15) is 31.1 Å². The molecule has 1 fully saturated rings. The molecule has 1 saturated heterocycles. The largest absolute Gasteiger partial charge is 0.462 e. The predicted octanol–water partition coefficient (Wildman–Crippen LogP) is 1.37. The number of hydrogen-bond acceptors (Lipinski definition) is 6. The maximum Gasteiger partial charge on any atom is 0.340 e. The third-order valence-corrected chi connectivity index (χ3v) is 3.94. The summed E-state index contributed by atoms with van der Waals surface area (Å²) in [6.45, 7) is 10.2. The van der Waals surface area contributed by atoms with Crippen LogP contribution in [-0.4, -0.2) is 54.7 Å². The summed E-state index contributed by atoms with van der Waals surface area (Å²) < 4.78 is 5.03. The van der Waals surface area contributed by atoms with E-state index in [9.17, 15) is 4.79 Å². The zero-order valence-electron chi connectivity index (χ0n) is 13.0. The van der Waals surface area contributed by atoms with Gasteiger partial charge in [0.1, 0.15) is 0 Å². The van der Waals surface area contributed by atoms with E-state index in [2.05, 4.69) is 28.6 Å². The minimum atomic E-state index is -0.390. The van der Waals surface area contributed by atoms with Crippen molar-refractivity contribution in [1.29, 1.82) is 0 Å². The quantitative estimate of drug-likeness (QED) is 0.845. The van der Waals surface area contributed by atoms with E-state index in [4.69, 9.17) is 10.5 Å². The van der Waals surface area contributed by atoms with Crippen LogP contribution >= 0.6 is 0 Å². The lowest BCUT2D eigenvalue weighted by Crippen LogP contribution is -2.52. The molecule has 0 radical (unpaired) electrons. The van der Waals surface area contributed by atoms with Gasteiger partial charge in [-0.2, -0.15) is 0 Å². The van der Waals surface area contributed by atoms with Crippen LogP contribution in [0.15, 0.2) is 12.3 Å². The number of rotatable bonds is 4. The molecule has 1 aliphatic heterocycles. The molecule has 2 rings (SSSR count). The third-order valence-electron chi connectivity index (χ3n) is 3.94. The lowest BCUT2D eigenvalue weighted by Gasteiger charge is -2.40. The highest BCUT2D eigenvalue weighted by molar-refractivity contribution is 5.97. The maximum atomic E-state index is 11.9. The van der Waals surface area contributed by atoms with Crippen molar-refractivity contribution in [1.82, 2.24) is 9.88 Å². The van der Waals surface area contributed by atoms with Crippen LogP contribution in [0.2, 0.25) is 0 Å². The fourth-order valence-electron chi connectivity index (χ4n) is 2.76. The highest BCUT2D eigenvalue weighted by Crippen LogP contribution is 2.26. The maximum absolute atomic E-state index is 11.9. The SMILES string of the molecule is CCOC(=O)c1ccnc(N2CCN(CC)C(C)C2)c1N. The molecule has 0 amide bonds. The summed E-state index contributed by atoms with van der Waals surface area (Å²) >= 11 is 0. The zero-order chi connectivity index (χ0) is 15.4. The van der Waals surface area contributed by atoms with E-state index in [-0.39, 0.29) is 5.97 Å². The topological polar surface area (TPSA) is 71.7 Å². The van der Waals surface area contributed by atoms with Crippen LogP contribution < -0.4 is 10.6 Å². The number of likely N-dealkylation sites (N-methyl/N-ethyl adjacent to an activating group) is 1. The van der Waals surface area contributed by atoms with Gasteiger partial charge in [-0.3, -0.25) is 4.90 Å². The van der Waals surface area contributed by atoms with Crippen molar-refractivity contribution in [2.45, 2.75) is 26.8 Å². The average molecular weight is 292 g/mol. The summed E-state index contributed by atoms with van der Waals surface area (Å²) in [5.74, 6) is 0.294. The summed E-state index contributed by atoms with van der Waals surface area (Å²) in [5, 5.41) is 0. The number of piperazine rings is 1. The first kappa shape index (κ1) is 15.6. The van der Waals surface area contributed by atoms with E-state index in [1.807, 2.05) is 0 Å². The van der Waals surface area contributed by atoms with Crippen molar-refractivity contribution in [3.8, 4) is 0 Å². The van der Waals surface area contributed by atoms with Gasteiger partial charge in [0.15, 0.2) is 5.82 Å². The molecule has 1 aliphatic rings. The van der Waals surface area contributed by atoms with E-state index >= 15 is 0 Å². The lowest BCUT2D eigenvalue weighted by molar-refractivity contribution is 0.0527. The van der Waals surface area contributed by atoms with Crippen LogP contribution in [0.3, 0.4) is 0 Å². The van der Waals surface area contributed by atoms with E-state index in [0.717, 1.165) is 26.2 Å². The Morgan fingerprint density at radius 3 is 2.86 bits per heavy atom. The molecule has 6 heteroatoms. The van der Waals surface area contributed by atoms with Gasteiger partial charge in [0, 0.05) is 31.9 Å². The number of ether oxygens (including phenoxy) is 1. The number of nitrogens with two attached hydrogens (primary N) is 1. The molecule has 1 aromatic heterocycles. The first-order valence-corrected chi connectivity index (χ1v) is 7.49. The summed E-state index contributed by atoms with van der Waals surface area (Å²) in [4.78, 5) is 20.8. The van der Waals surface area contributed by atoms with Crippen LogP contribution in [0.25, 0.3) is 0 Å². The molecule has 1 atom stereocenters. The van der Waals surface area contributed by atoms with Crippen LogP contribution in [0.5, 0.6) is 0 Å². The Bertz CT molecular complexity index is 506. The molecule has 0 aliphatic carbocycles. The number of nitrogens with zero attached hydrogens (tertiary/aromatic N) is 3. The smallest absolute Gasteiger partial charge is 0.340 e. The number of esters is 1. The van der Waals surface area contributed by atoms with Gasteiger partial charge in [0.25, 0.3) is 0 Å². The van der Waals surface area contributed by atoms with Crippen molar-refractivity contribution >= 4 is 17.5 Å². The second-order valence-corrected chi connectivity index (χ2v) is 5.24. The molecule has 0 bridgehead atoms. The molecule has 1 aromatic rings. The van der Waals surface area contributed by atoms with E-state index < -0.39 is 0 Å². The number of carbonyl (C=O) groups excluding carboxylic acids is 1. The molecule has 0 aromatic carbocycles. The number of pyridine rings is 1. The highest BCUT2D eigenvalue weighted by atomic mass is 16.5. The first-order chi connectivity index (χ1) is 10.1. The van der Waals surface area contributed by atoms with E-state index in [1.165, 1.54) is 0 Å². The van der Waals surface area contributed by atoms with E-state index in [1.54, 1.807) is 19.2 Å². The van der Waals surface area contributed by atoms with Crippen molar-refractivity contribution in [3.05, 3.63) is 17.8 Å². The van der Waals surface area contributed by atoms with Gasteiger partial charge in [-0.25, -0.2) is 9.78 Å². The first-order valence-electron chi connectivity index (χ1n) is 7.49. The Morgan fingerprint density at radius 2 is 2.24 bits per heavy atom. The van der Waals surface area contributed by atoms with E-state index in [0.29, 0.717) is 29.7 Å². The Kier molecular flexibility index (Phi) is 5.01. The normalized spacial score (nSPS) is 19.6. The molecule has 2 N–H and O–H groups in total. The summed E-state index contributed by atoms with van der Waals surface area (Å²) in [5.41, 5.74) is 6.95. The fourth-order valence-corrected chi connectivity index (χ4v) is 2.76. The fraction of sp³-hybridized carbons (Fsp3) is 0.600. The van der Waals surface area contributed by atoms with Crippen LogP contribution in [-0.2, 0) is 4.74 Å². The molecular weight excluding hydrogens is 268 g/mol. The van der Waals surface area contributed by atoms with Crippen LogP contribution in [0, 0.1) is 0 Å². The van der Waals surface area contributed by atoms with Gasteiger partial charge in [0.05, 0.1) is 17.9 Å². The Balaban J connectivity index is 2.21. The molecular formula is C15H24N4O2. The molecule has 2 heterocycles. The van der Waals surface area contributed by atoms with Crippen molar-refractivity contribution in [2.75, 3.05) is 43.4 Å². The highest BCUT2D eigenvalue weighted by Gasteiger charge is 2.26. The minimum absolute atomic E-state index is 0.335. The van der Waals surface area contributed by atoms with Gasteiger partial charge in [0.2, 0.25) is 0 Å². The van der Waals surface area contributed by atoms with Crippen molar-refractivity contribution in [2.24, 2.45) is 0 Å². The van der Waals surface area contributed by atoms with Crippen molar-refractivity contribution < 1.29 is 9.53 Å². The molecule has 21 heavy (non-hydrogen) atoms. The molecule has 0 spiro atoms. The number of carbonyl (C=O) groups is 1. The molecule has 0 saturated carbocycles. The number of anilines is 2. The van der Waals surface area contributed by atoms with Crippen LogP contribution in [0.4, 0.5) is 11.5 Å². The zero-order valence-corrected chi connectivity index (χ0v) is 13.0. The molecule has 6 nitrogen and oxygen atoms in total. The number of nitrogen functional groups attached to an aromatic ring is 1. The number of hydrogen-bond donors (Lipinski definition) is 1. The van der Waals surface area contributed by atoms with Gasteiger partial charge in [-0.1, -0.05) is 6.92 Å². The molecule has 1 unspecified atom stereocenters. The summed E-state index contributed by atoms with van der Waals surface area (Å²) in [6, 6.07) is 2.05. The summed E-state index contributed by atoms with van der Waals surface area (Å²) in [7, 11) is 0. The van der Waals surface area contributed by atoms with Gasteiger partial charge in [-0.05, 0) is 26.5 Å². The Labute approximate surface area is 125 Å². The van der Waals surface area contributed by atoms with Gasteiger partial charge in [-0.15, -0.1) is 0 Å². The minimum Gasteiger partial charge on any atom is -0.462 e. The average Bonchev–Trinajstić information content (AvgIpc) is 2.47. The standard InChI is InChI=1S/C15H24N4O2/c1-4-18-8-9-19(10-11(18)3)14-13(16)12(6-7-17-14)15(20)21-5-2/h6-7,11H,4-5,8-10,16H2,1-3H3. The molecule has 116 valence electrons.